The van der Waals surface area contributed by atoms with Crippen LogP contribution in [0, 0.1) is 6.92 Å². The van der Waals surface area contributed by atoms with Crippen molar-refractivity contribution < 1.29 is 19.0 Å². The summed E-state index contributed by atoms with van der Waals surface area (Å²) in [6.45, 7) is 3.74. The minimum Gasteiger partial charge on any atom is -0.493 e. The van der Waals surface area contributed by atoms with Crippen molar-refractivity contribution in [1.29, 1.82) is 0 Å². The molecule has 1 aromatic rings. The van der Waals surface area contributed by atoms with Crippen molar-refractivity contribution in [3.8, 4) is 11.5 Å². The van der Waals surface area contributed by atoms with Gasteiger partial charge in [-0.05, 0) is 24.6 Å². The molecule has 0 aliphatic carbocycles. The van der Waals surface area contributed by atoms with Crippen LogP contribution in [0.4, 0.5) is 4.79 Å². The van der Waals surface area contributed by atoms with Crippen LogP contribution in [0.15, 0.2) is 18.2 Å². The fraction of sp³-hybridized carbons (Fsp3) is 0.500. The third-order valence-electron chi connectivity index (χ3n) is 2.56. The maximum atomic E-state index is 11.3. The predicted octanol–water partition coefficient (Wildman–Crippen LogP) is 1.33. The van der Waals surface area contributed by atoms with Crippen molar-refractivity contribution in [3.05, 3.63) is 23.8 Å². The summed E-state index contributed by atoms with van der Waals surface area (Å²) < 4.78 is 15.6. The standard InChI is InChI=1S/C14H22N2O4/c1-11-4-5-12(13(10-11)19-3)20-9-7-16-14(17)15-6-8-18-2/h4-5,10H,6-9H2,1-3H3,(H2,15,16,17). The highest BCUT2D eigenvalue weighted by atomic mass is 16.5. The van der Waals surface area contributed by atoms with Gasteiger partial charge in [0.15, 0.2) is 11.5 Å². The molecule has 0 spiro atoms. The fourth-order valence-electron chi connectivity index (χ4n) is 1.55. The van der Waals surface area contributed by atoms with E-state index in [2.05, 4.69) is 10.6 Å². The average molecular weight is 282 g/mol. The Kier molecular flexibility index (Phi) is 7.27. The molecule has 1 aromatic carbocycles. The molecular weight excluding hydrogens is 260 g/mol. The van der Waals surface area contributed by atoms with E-state index in [1.807, 2.05) is 25.1 Å². The molecule has 2 N–H and O–H groups in total. The molecule has 0 unspecified atom stereocenters. The van der Waals surface area contributed by atoms with E-state index in [0.717, 1.165) is 5.56 Å². The first kappa shape index (κ1) is 16.1. The number of ether oxygens (including phenoxy) is 3. The van der Waals surface area contributed by atoms with E-state index in [4.69, 9.17) is 14.2 Å². The van der Waals surface area contributed by atoms with Crippen molar-refractivity contribution in [2.75, 3.05) is 40.5 Å². The van der Waals surface area contributed by atoms with E-state index >= 15 is 0 Å². The maximum absolute atomic E-state index is 11.3. The minimum absolute atomic E-state index is 0.235. The van der Waals surface area contributed by atoms with Gasteiger partial charge in [-0.3, -0.25) is 0 Å². The molecule has 0 radical (unpaired) electrons. The summed E-state index contributed by atoms with van der Waals surface area (Å²) in [5.41, 5.74) is 1.10. The van der Waals surface area contributed by atoms with Gasteiger partial charge in [-0.15, -0.1) is 0 Å². The lowest BCUT2D eigenvalue weighted by Crippen LogP contribution is -2.39. The van der Waals surface area contributed by atoms with Crippen LogP contribution in [0.5, 0.6) is 11.5 Å². The molecule has 0 saturated heterocycles. The first-order chi connectivity index (χ1) is 9.67. The predicted molar refractivity (Wildman–Crippen MR) is 76.5 cm³/mol. The van der Waals surface area contributed by atoms with Crippen LogP contribution in [0.25, 0.3) is 0 Å². The Labute approximate surface area is 119 Å². The molecule has 2 amide bonds. The third-order valence-corrected chi connectivity index (χ3v) is 2.56. The molecule has 0 fully saturated rings. The van der Waals surface area contributed by atoms with Gasteiger partial charge >= 0.3 is 6.03 Å². The van der Waals surface area contributed by atoms with Gasteiger partial charge in [-0.25, -0.2) is 4.79 Å². The summed E-state index contributed by atoms with van der Waals surface area (Å²) in [4.78, 5) is 11.3. The highest BCUT2D eigenvalue weighted by molar-refractivity contribution is 5.73. The molecule has 0 saturated carbocycles. The van der Waals surface area contributed by atoms with E-state index in [1.54, 1.807) is 14.2 Å². The fourth-order valence-corrected chi connectivity index (χ4v) is 1.55. The molecule has 0 bridgehead atoms. The molecule has 20 heavy (non-hydrogen) atoms. The zero-order valence-corrected chi connectivity index (χ0v) is 12.2. The van der Waals surface area contributed by atoms with Gasteiger partial charge in [0.1, 0.15) is 6.61 Å². The number of amides is 2. The highest BCUT2D eigenvalue weighted by Crippen LogP contribution is 2.27. The lowest BCUT2D eigenvalue weighted by atomic mass is 10.2. The molecule has 0 aliphatic heterocycles. The van der Waals surface area contributed by atoms with Gasteiger partial charge in [-0.2, -0.15) is 0 Å². The summed E-state index contributed by atoms with van der Waals surface area (Å²) in [5, 5.41) is 5.35. The zero-order chi connectivity index (χ0) is 14.8. The molecule has 0 aliphatic rings. The second kappa shape index (κ2) is 9.03. The lowest BCUT2D eigenvalue weighted by Gasteiger charge is -2.12. The van der Waals surface area contributed by atoms with Crippen LogP contribution < -0.4 is 20.1 Å². The van der Waals surface area contributed by atoms with Crippen molar-refractivity contribution >= 4 is 6.03 Å². The molecular formula is C14H22N2O4. The third kappa shape index (κ3) is 5.79. The van der Waals surface area contributed by atoms with Gasteiger partial charge in [0.25, 0.3) is 0 Å². The highest BCUT2D eigenvalue weighted by Gasteiger charge is 2.04. The number of benzene rings is 1. The van der Waals surface area contributed by atoms with Gasteiger partial charge in [0, 0.05) is 13.7 Å². The second-order valence-electron chi connectivity index (χ2n) is 4.18. The van der Waals surface area contributed by atoms with E-state index in [1.165, 1.54) is 0 Å². The first-order valence-corrected chi connectivity index (χ1v) is 6.45. The van der Waals surface area contributed by atoms with Crippen molar-refractivity contribution in [1.82, 2.24) is 10.6 Å². The number of aryl methyl sites for hydroxylation is 1. The summed E-state index contributed by atoms with van der Waals surface area (Å²) in [5.74, 6) is 1.36. The minimum atomic E-state index is -0.235. The molecule has 6 heteroatoms. The van der Waals surface area contributed by atoms with Crippen LogP contribution >= 0.6 is 0 Å². The number of methoxy groups -OCH3 is 2. The SMILES string of the molecule is COCCNC(=O)NCCOc1ccc(C)cc1OC. The summed E-state index contributed by atoms with van der Waals surface area (Å²) in [6, 6.07) is 5.47. The number of carbonyl (C=O) groups is 1. The molecule has 0 atom stereocenters. The number of hydrogen-bond acceptors (Lipinski definition) is 4. The van der Waals surface area contributed by atoms with E-state index in [9.17, 15) is 4.79 Å². The van der Waals surface area contributed by atoms with E-state index < -0.39 is 0 Å². The Morgan fingerprint density at radius 2 is 1.80 bits per heavy atom. The van der Waals surface area contributed by atoms with E-state index in [0.29, 0.717) is 37.8 Å². The Bertz CT molecular complexity index is 424. The molecule has 1 rings (SSSR count). The van der Waals surface area contributed by atoms with Crippen molar-refractivity contribution in [2.24, 2.45) is 0 Å². The summed E-state index contributed by atoms with van der Waals surface area (Å²) in [7, 11) is 3.19. The van der Waals surface area contributed by atoms with Crippen LogP contribution in [0.3, 0.4) is 0 Å². The number of nitrogens with one attached hydrogen (secondary N) is 2. The van der Waals surface area contributed by atoms with Gasteiger partial charge in [0.2, 0.25) is 0 Å². The Balaban J connectivity index is 2.25. The normalized spacial score (nSPS) is 9.95. The Hall–Kier alpha value is -1.95. The smallest absolute Gasteiger partial charge is 0.314 e. The zero-order valence-electron chi connectivity index (χ0n) is 12.2. The number of hydrogen-bond donors (Lipinski definition) is 2. The molecule has 0 heterocycles. The molecule has 0 aromatic heterocycles. The number of urea groups is 1. The van der Waals surface area contributed by atoms with Gasteiger partial charge in [0.05, 0.1) is 20.3 Å². The summed E-state index contributed by atoms with van der Waals surface area (Å²) in [6.07, 6.45) is 0. The maximum Gasteiger partial charge on any atom is 0.314 e. The number of carbonyl (C=O) groups excluding carboxylic acids is 1. The van der Waals surface area contributed by atoms with Crippen molar-refractivity contribution in [2.45, 2.75) is 6.92 Å². The molecule has 112 valence electrons. The second-order valence-corrected chi connectivity index (χ2v) is 4.18. The van der Waals surface area contributed by atoms with Crippen molar-refractivity contribution in [3.63, 3.8) is 0 Å². The topological polar surface area (TPSA) is 68.8 Å². The van der Waals surface area contributed by atoms with Crippen LogP contribution in [0.1, 0.15) is 5.56 Å². The van der Waals surface area contributed by atoms with Gasteiger partial charge < -0.3 is 24.8 Å². The largest absolute Gasteiger partial charge is 0.493 e. The van der Waals surface area contributed by atoms with Crippen LogP contribution in [-0.2, 0) is 4.74 Å². The number of rotatable bonds is 8. The monoisotopic (exact) mass is 282 g/mol. The van der Waals surface area contributed by atoms with Crippen LogP contribution in [-0.4, -0.2) is 46.6 Å². The Morgan fingerprint density at radius 1 is 1.10 bits per heavy atom. The van der Waals surface area contributed by atoms with Gasteiger partial charge in [-0.1, -0.05) is 6.07 Å². The quantitative estimate of drug-likeness (QED) is 0.706. The first-order valence-electron chi connectivity index (χ1n) is 6.45. The average Bonchev–Trinajstić information content (AvgIpc) is 2.45. The molecule has 6 nitrogen and oxygen atoms in total. The summed E-state index contributed by atoms with van der Waals surface area (Å²) >= 11 is 0. The lowest BCUT2D eigenvalue weighted by molar-refractivity contribution is 0.195. The Morgan fingerprint density at radius 3 is 2.45 bits per heavy atom. The van der Waals surface area contributed by atoms with Crippen LogP contribution in [0.2, 0.25) is 0 Å². The van der Waals surface area contributed by atoms with E-state index in [-0.39, 0.29) is 6.03 Å².